The Kier molecular flexibility index (Phi) is 5.72. The average Bonchev–Trinajstić information content (AvgIpc) is 2.43. The number of hydrogen-bond donors (Lipinski definition) is 3. The summed E-state index contributed by atoms with van der Waals surface area (Å²) in [4.78, 5) is 14.2. The summed E-state index contributed by atoms with van der Waals surface area (Å²) in [6.45, 7) is 5.69. The second-order valence-corrected chi connectivity index (χ2v) is 6.15. The summed E-state index contributed by atoms with van der Waals surface area (Å²) in [6, 6.07) is 6.60. The molecule has 4 N–H and O–H groups in total. The SMILES string of the molecule is CN(C)CC(C)(C)CNC(=O)c1ccc(/C(N)=N/O)cc1. The molecule has 0 bridgehead atoms. The van der Waals surface area contributed by atoms with E-state index in [1.807, 2.05) is 14.1 Å². The molecule has 1 aromatic rings. The van der Waals surface area contributed by atoms with Gasteiger partial charge in [0.25, 0.3) is 5.91 Å². The van der Waals surface area contributed by atoms with E-state index < -0.39 is 0 Å². The van der Waals surface area contributed by atoms with E-state index in [2.05, 4.69) is 29.2 Å². The topological polar surface area (TPSA) is 91.0 Å². The maximum absolute atomic E-state index is 12.1. The predicted octanol–water partition coefficient (Wildman–Crippen LogP) is 1.10. The highest BCUT2D eigenvalue weighted by Crippen LogP contribution is 2.14. The van der Waals surface area contributed by atoms with E-state index in [0.717, 1.165) is 6.54 Å². The largest absolute Gasteiger partial charge is 0.409 e. The summed E-state index contributed by atoms with van der Waals surface area (Å²) in [7, 11) is 4.02. The minimum absolute atomic E-state index is 0.00687. The summed E-state index contributed by atoms with van der Waals surface area (Å²) in [6.07, 6.45) is 0. The molecule has 0 atom stereocenters. The number of nitrogens with two attached hydrogens (primary N) is 1. The first kappa shape index (κ1) is 17.0. The van der Waals surface area contributed by atoms with Crippen LogP contribution in [0.15, 0.2) is 29.4 Å². The molecule has 0 aliphatic rings. The van der Waals surface area contributed by atoms with Crippen molar-refractivity contribution in [3.05, 3.63) is 35.4 Å². The van der Waals surface area contributed by atoms with Gasteiger partial charge in [0.15, 0.2) is 5.84 Å². The standard InChI is InChI=1S/C15H24N4O2/c1-15(2,10-19(3)4)9-17-14(20)12-7-5-11(6-8-12)13(16)18-21/h5-8,21H,9-10H2,1-4H3,(H2,16,18)(H,17,20). The number of benzene rings is 1. The lowest BCUT2D eigenvalue weighted by atomic mass is 9.93. The monoisotopic (exact) mass is 292 g/mol. The number of oxime groups is 1. The molecule has 0 spiro atoms. The zero-order valence-corrected chi connectivity index (χ0v) is 13.1. The smallest absolute Gasteiger partial charge is 0.251 e. The molecule has 0 saturated carbocycles. The van der Waals surface area contributed by atoms with Crippen molar-refractivity contribution in [2.45, 2.75) is 13.8 Å². The van der Waals surface area contributed by atoms with Crippen molar-refractivity contribution in [2.24, 2.45) is 16.3 Å². The van der Waals surface area contributed by atoms with Crippen LogP contribution in [0, 0.1) is 5.41 Å². The van der Waals surface area contributed by atoms with Gasteiger partial charge in [-0.05, 0) is 31.6 Å². The Balaban J connectivity index is 2.64. The van der Waals surface area contributed by atoms with Crippen LogP contribution in [0.25, 0.3) is 0 Å². The Morgan fingerprint density at radius 2 is 1.81 bits per heavy atom. The fraction of sp³-hybridized carbons (Fsp3) is 0.467. The molecule has 0 radical (unpaired) electrons. The van der Waals surface area contributed by atoms with Crippen molar-refractivity contribution in [3.63, 3.8) is 0 Å². The zero-order chi connectivity index (χ0) is 16.0. The first-order valence-corrected chi connectivity index (χ1v) is 6.76. The number of amidine groups is 1. The Morgan fingerprint density at radius 1 is 1.29 bits per heavy atom. The number of rotatable bonds is 6. The lowest BCUT2D eigenvalue weighted by molar-refractivity contribution is 0.0929. The van der Waals surface area contributed by atoms with Crippen molar-refractivity contribution in [2.75, 3.05) is 27.2 Å². The van der Waals surface area contributed by atoms with Crippen LogP contribution in [-0.4, -0.2) is 49.0 Å². The van der Waals surface area contributed by atoms with Gasteiger partial charge in [-0.3, -0.25) is 4.79 Å². The second-order valence-electron chi connectivity index (χ2n) is 6.15. The predicted molar refractivity (Wildman–Crippen MR) is 83.6 cm³/mol. The van der Waals surface area contributed by atoms with Crippen LogP contribution in [0.3, 0.4) is 0 Å². The Bertz CT molecular complexity index is 507. The van der Waals surface area contributed by atoms with Gasteiger partial charge in [-0.2, -0.15) is 0 Å². The minimum atomic E-state index is -0.132. The molecule has 0 fully saturated rings. The maximum atomic E-state index is 12.1. The number of amides is 1. The van der Waals surface area contributed by atoms with Gasteiger partial charge in [-0.15, -0.1) is 0 Å². The van der Waals surface area contributed by atoms with E-state index >= 15 is 0 Å². The first-order valence-electron chi connectivity index (χ1n) is 6.76. The molecule has 0 aromatic heterocycles. The Hall–Kier alpha value is -2.08. The average molecular weight is 292 g/mol. The highest BCUT2D eigenvalue weighted by atomic mass is 16.4. The molecule has 1 rings (SSSR count). The van der Waals surface area contributed by atoms with Crippen molar-refractivity contribution in [1.29, 1.82) is 0 Å². The van der Waals surface area contributed by atoms with Crippen LogP contribution in [0.5, 0.6) is 0 Å². The van der Waals surface area contributed by atoms with Gasteiger partial charge < -0.3 is 21.2 Å². The third-order valence-electron chi connectivity index (χ3n) is 3.02. The molecule has 1 amide bonds. The van der Waals surface area contributed by atoms with Crippen molar-refractivity contribution in [3.8, 4) is 0 Å². The summed E-state index contributed by atoms with van der Waals surface area (Å²) >= 11 is 0. The molecule has 21 heavy (non-hydrogen) atoms. The molecule has 6 heteroatoms. The second kappa shape index (κ2) is 7.08. The van der Waals surface area contributed by atoms with E-state index in [1.54, 1.807) is 24.3 Å². The van der Waals surface area contributed by atoms with Crippen LogP contribution in [-0.2, 0) is 0 Å². The molecule has 1 aromatic carbocycles. The highest BCUT2D eigenvalue weighted by Gasteiger charge is 2.20. The van der Waals surface area contributed by atoms with Gasteiger partial charge in [0.05, 0.1) is 0 Å². The first-order chi connectivity index (χ1) is 9.75. The van der Waals surface area contributed by atoms with Gasteiger partial charge >= 0.3 is 0 Å². The third kappa shape index (κ3) is 5.43. The van der Waals surface area contributed by atoms with E-state index in [4.69, 9.17) is 10.9 Å². The van der Waals surface area contributed by atoms with Crippen LogP contribution in [0.4, 0.5) is 0 Å². The lowest BCUT2D eigenvalue weighted by Gasteiger charge is -2.28. The summed E-state index contributed by atoms with van der Waals surface area (Å²) < 4.78 is 0. The van der Waals surface area contributed by atoms with E-state index in [-0.39, 0.29) is 17.2 Å². The van der Waals surface area contributed by atoms with Gasteiger partial charge in [0, 0.05) is 24.2 Å². The molecule has 0 saturated heterocycles. The number of hydrogen-bond acceptors (Lipinski definition) is 4. The van der Waals surface area contributed by atoms with E-state index in [1.165, 1.54) is 0 Å². The van der Waals surface area contributed by atoms with Gasteiger partial charge in [-0.1, -0.05) is 31.1 Å². The fourth-order valence-electron chi connectivity index (χ4n) is 2.18. The zero-order valence-electron chi connectivity index (χ0n) is 13.1. The van der Waals surface area contributed by atoms with Crippen LogP contribution in [0.1, 0.15) is 29.8 Å². The molecule has 6 nitrogen and oxygen atoms in total. The lowest BCUT2D eigenvalue weighted by Crippen LogP contribution is -2.39. The molecule has 0 aliphatic heterocycles. The molecule has 116 valence electrons. The number of nitrogens with zero attached hydrogens (tertiary/aromatic N) is 2. The van der Waals surface area contributed by atoms with Gasteiger partial charge in [0.2, 0.25) is 0 Å². The maximum Gasteiger partial charge on any atom is 0.251 e. The Labute approximate surface area is 125 Å². The van der Waals surface area contributed by atoms with Gasteiger partial charge in [-0.25, -0.2) is 0 Å². The van der Waals surface area contributed by atoms with Crippen molar-refractivity contribution in [1.82, 2.24) is 10.2 Å². The Morgan fingerprint density at radius 3 is 2.29 bits per heavy atom. The van der Waals surface area contributed by atoms with E-state index in [9.17, 15) is 4.79 Å². The van der Waals surface area contributed by atoms with Crippen LogP contribution >= 0.6 is 0 Å². The third-order valence-corrected chi connectivity index (χ3v) is 3.02. The molecular formula is C15H24N4O2. The number of carbonyl (C=O) groups excluding carboxylic acids is 1. The molecular weight excluding hydrogens is 268 g/mol. The molecule has 0 aliphatic carbocycles. The summed E-state index contributed by atoms with van der Waals surface area (Å²) in [5.74, 6) is -0.109. The van der Waals surface area contributed by atoms with Crippen molar-refractivity contribution >= 4 is 11.7 Å². The quantitative estimate of drug-likeness (QED) is 0.317. The summed E-state index contributed by atoms with van der Waals surface area (Å²) in [5, 5.41) is 14.4. The van der Waals surface area contributed by atoms with Crippen LogP contribution < -0.4 is 11.1 Å². The molecule has 0 unspecified atom stereocenters. The number of nitrogens with one attached hydrogen (secondary N) is 1. The van der Waals surface area contributed by atoms with Crippen LogP contribution in [0.2, 0.25) is 0 Å². The summed E-state index contributed by atoms with van der Waals surface area (Å²) in [5.41, 5.74) is 6.59. The van der Waals surface area contributed by atoms with Crippen molar-refractivity contribution < 1.29 is 10.0 Å². The van der Waals surface area contributed by atoms with Gasteiger partial charge in [0.1, 0.15) is 0 Å². The minimum Gasteiger partial charge on any atom is -0.409 e. The molecule has 0 heterocycles. The normalized spacial score (nSPS) is 12.5. The highest BCUT2D eigenvalue weighted by molar-refractivity contribution is 5.99. The van der Waals surface area contributed by atoms with E-state index in [0.29, 0.717) is 17.7 Å². The number of carbonyl (C=O) groups is 1. The fourth-order valence-corrected chi connectivity index (χ4v) is 2.18.